The van der Waals surface area contributed by atoms with Crippen LogP contribution in [-0.4, -0.2) is 40.9 Å². The van der Waals surface area contributed by atoms with E-state index in [1.807, 2.05) is 0 Å². The fourth-order valence-electron chi connectivity index (χ4n) is 0.828. The Bertz CT molecular complexity index is 132. The number of carbonyl (C=O) groups excluding carboxylic acids is 1. The topological polar surface area (TPSA) is 77.8 Å². The standard InChI is InChI=1S/C8H16O4/c1-7(12)2-3-8(4-9,5-10)6-11/h9-11H,2-6H2,1H3. The molecule has 0 saturated carbocycles. The van der Waals surface area contributed by atoms with Gasteiger partial charge in [0.1, 0.15) is 5.78 Å². The first-order valence-corrected chi connectivity index (χ1v) is 3.92. The molecule has 0 atom stereocenters. The molecule has 72 valence electrons. The van der Waals surface area contributed by atoms with E-state index in [1.54, 1.807) is 0 Å². The molecule has 0 spiro atoms. The molecule has 0 aliphatic rings. The van der Waals surface area contributed by atoms with Crippen LogP contribution in [0.4, 0.5) is 0 Å². The summed E-state index contributed by atoms with van der Waals surface area (Å²) in [4.78, 5) is 10.6. The zero-order chi connectivity index (χ0) is 9.61. The second-order valence-corrected chi connectivity index (χ2v) is 3.18. The maximum atomic E-state index is 10.6. The molecular weight excluding hydrogens is 160 g/mol. The smallest absolute Gasteiger partial charge is 0.129 e. The van der Waals surface area contributed by atoms with Gasteiger partial charge in [0, 0.05) is 11.8 Å². The third-order valence-electron chi connectivity index (χ3n) is 2.01. The van der Waals surface area contributed by atoms with Gasteiger partial charge in [-0.05, 0) is 13.3 Å². The molecule has 0 bridgehead atoms. The van der Waals surface area contributed by atoms with Gasteiger partial charge >= 0.3 is 0 Å². The molecule has 0 saturated heterocycles. The Hall–Kier alpha value is -0.450. The number of ketones is 1. The SMILES string of the molecule is CC(=O)CCC(CO)(CO)CO. The van der Waals surface area contributed by atoms with Gasteiger partial charge in [-0.25, -0.2) is 0 Å². The second-order valence-electron chi connectivity index (χ2n) is 3.18. The molecule has 0 aromatic carbocycles. The maximum Gasteiger partial charge on any atom is 0.129 e. The zero-order valence-electron chi connectivity index (χ0n) is 7.29. The predicted molar refractivity (Wildman–Crippen MR) is 43.6 cm³/mol. The van der Waals surface area contributed by atoms with Crippen LogP contribution in [0.3, 0.4) is 0 Å². The van der Waals surface area contributed by atoms with Crippen molar-refractivity contribution < 1.29 is 20.1 Å². The molecular formula is C8H16O4. The van der Waals surface area contributed by atoms with Crippen LogP contribution in [0.25, 0.3) is 0 Å². The summed E-state index contributed by atoms with van der Waals surface area (Å²) in [7, 11) is 0. The molecule has 0 rings (SSSR count). The van der Waals surface area contributed by atoms with Crippen LogP contribution in [0.1, 0.15) is 19.8 Å². The first-order chi connectivity index (χ1) is 5.60. The number of carbonyl (C=O) groups is 1. The fraction of sp³-hybridized carbons (Fsp3) is 0.875. The Morgan fingerprint density at radius 1 is 1.17 bits per heavy atom. The minimum absolute atomic E-state index is 0.00488. The van der Waals surface area contributed by atoms with Crippen LogP contribution in [0, 0.1) is 5.41 Å². The van der Waals surface area contributed by atoms with E-state index in [-0.39, 0.29) is 32.0 Å². The van der Waals surface area contributed by atoms with E-state index in [9.17, 15) is 4.79 Å². The van der Waals surface area contributed by atoms with Crippen molar-refractivity contribution in [3.63, 3.8) is 0 Å². The van der Waals surface area contributed by atoms with Gasteiger partial charge in [-0.2, -0.15) is 0 Å². The Morgan fingerprint density at radius 2 is 1.58 bits per heavy atom. The molecule has 0 heterocycles. The number of aliphatic hydroxyl groups excluding tert-OH is 3. The minimum atomic E-state index is -0.897. The van der Waals surface area contributed by atoms with E-state index in [0.717, 1.165) is 0 Å². The van der Waals surface area contributed by atoms with Crippen LogP contribution in [-0.2, 0) is 4.79 Å². The van der Waals surface area contributed by atoms with Crippen molar-refractivity contribution in [2.45, 2.75) is 19.8 Å². The van der Waals surface area contributed by atoms with Crippen molar-refractivity contribution in [2.75, 3.05) is 19.8 Å². The molecule has 0 unspecified atom stereocenters. The lowest BCUT2D eigenvalue weighted by Crippen LogP contribution is -2.34. The average molecular weight is 176 g/mol. The van der Waals surface area contributed by atoms with Gasteiger partial charge in [0.2, 0.25) is 0 Å². The van der Waals surface area contributed by atoms with Gasteiger partial charge in [-0.1, -0.05) is 0 Å². The Morgan fingerprint density at radius 3 is 1.83 bits per heavy atom. The van der Waals surface area contributed by atoms with E-state index in [2.05, 4.69) is 0 Å². The molecule has 0 aliphatic heterocycles. The summed E-state index contributed by atoms with van der Waals surface area (Å²) < 4.78 is 0. The van der Waals surface area contributed by atoms with Gasteiger partial charge in [0.25, 0.3) is 0 Å². The summed E-state index contributed by atoms with van der Waals surface area (Å²) in [5.41, 5.74) is -0.897. The first kappa shape index (κ1) is 11.6. The highest BCUT2D eigenvalue weighted by Gasteiger charge is 2.27. The summed E-state index contributed by atoms with van der Waals surface area (Å²) in [5, 5.41) is 26.6. The molecule has 0 aromatic rings. The van der Waals surface area contributed by atoms with Crippen molar-refractivity contribution in [1.29, 1.82) is 0 Å². The molecule has 0 amide bonds. The van der Waals surface area contributed by atoms with Crippen molar-refractivity contribution in [2.24, 2.45) is 5.41 Å². The Kier molecular flexibility index (Phi) is 5.04. The van der Waals surface area contributed by atoms with E-state index in [0.29, 0.717) is 6.42 Å². The van der Waals surface area contributed by atoms with E-state index < -0.39 is 5.41 Å². The minimum Gasteiger partial charge on any atom is -0.396 e. The summed E-state index contributed by atoms with van der Waals surface area (Å²) >= 11 is 0. The van der Waals surface area contributed by atoms with Crippen molar-refractivity contribution in [3.8, 4) is 0 Å². The number of aliphatic hydroxyl groups is 3. The van der Waals surface area contributed by atoms with Gasteiger partial charge < -0.3 is 20.1 Å². The van der Waals surface area contributed by atoms with Crippen molar-refractivity contribution in [3.05, 3.63) is 0 Å². The molecule has 12 heavy (non-hydrogen) atoms. The lowest BCUT2D eigenvalue weighted by Gasteiger charge is -2.26. The quantitative estimate of drug-likeness (QED) is 0.501. The normalized spacial score (nSPS) is 11.7. The molecule has 0 aliphatic carbocycles. The molecule has 4 nitrogen and oxygen atoms in total. The molecule has 0 radical (unpaired) electrons. The molecule has 0 fully saturated rings. The lowest BCUT2D eigenvalue weighted by molar-refractivity contribution is -0.118. The van der Waals surface area contributed by atoms with Crippen LogP contribution in [0.5, 0.6) is 0 Å². The lowest BCUT2D eigenvalue weighted by atomic mass is 9.85. The average Bonchev–Trinajstić information content (AvgIpc) is 2.08. The van der Waals surface area contributed by atoms with Gasteiger partial charge in [-0.15, -0.1) is 0 Å². The Balaban J connectivity index is 4.01. The van der Waals surface area contributed by atoms with Crippen LogP contribution >= 0.6 is 0 Å². The number of hydrogen-bond donors (Lipinski definition) is 3. The highest BCUT2D eigenvalue weighted by Crippen LogP contribution is 2.21. The molecule has 4 heteroatoms. The van der Waals surface area contributed by atoms with Crippen LogP contribution in [0.2, 0.25) is 0 Å². The number of hydrogen-bond acceptors (Lipinski definition) is 4. The van der Waals surface area contributed by atoms with Gasteiger partial charge in [0.05, 0.1) is 19.8 Å². The Labute approximate surface area is 71.8 Å². The second kappa shape index (κ2) is 5.24. The third kappa shape index (κ3) is 3.30. The number of rotatable bonds is 6. The highest BCUT2D eigenvalue weighted by molar-refractivity contribution is 5.75. The zero-order valence-corrected chi connectivity index (χ0v) is 7.29. The third-order valence-corrected chi connectivity index (χ3v) is 2.01. The van der Waals surface area contributed by atoms with Crippen LogP contribution < -0.4 is 0 Å². The van der Waals surface area contributed by atoms with Crippen molar-refractivity contribution >= 4 is 5.78 Å². The van der Waals surface area contributed by atoms with E-state index in [4.69, 9.17) is 15.3 Å². The van der Waals surface area contributed by atoms with Crippen LogP contribution in [0.15, 0.2) is 0 Å². The number of Topliss-reactive ketones (excluding diaryl/α,β-unsaturated/α-hetero) is 1. The molecule has 0 aromatic heterocycles. The van der Waals surface area contributed by atoms with Crippen molar-refractivity contribution in [1.82, 2.24) is 0 Å². The summed E-state index contributed by atoms with van der Waals surface area (Å²) in [6.45, 7) is 0.546. The van der Waals surface area contributed by atoms with E-state index >= 15 is 0 Å². The van der Waals surface area contributed by atoms with E-state index in [1.165, 1.54) is 6.92 Å². The largest absolute Gasteiger partial charge is 0.396 e. The first-order valence-electron chi connectivity index (χ1n) is 3.92. The summed E-state index contributed by atoms with van der Waals surface area (Å²) in [6, 6.07) is 0. The molecule has 3 N–H and O–H groups in total. The predicted octanol–water partition coefficient (Wildman–Crippen LogP) is -0.681. The monoisotopic (exact) mass is 176 g/mol. The fourth-order valence-corrected chi connectivity index (χ4v) is 0.828. The highest BCUT2D eigenvalue weighted by atomic mass is 16.3. The summed E-state index contributed by atoms with van der Waals surface area (Å²) in [6.07, 6.45) is 0.605. The maximum absolute atomic E-state index is 10.6. The van der Waals surface area contributed by atoms with Gasteiger partial charge in [0.15, 0.2) is 0 Å². The van der Waals surface area contributed by atoms with Gasteiger partial charge in [-0.3, -0.25) is 0 Å². The summed E-state index contributed by atoms with van der Waals surface area (Å²) in [5.74, 6) is -0.00488.